The van der Waals surface area contributed by atoms with Gasteiger partial charge in [0.25, 0.3) is 5.91 Å². The Bertz CT molecular complexity index is 533. The average Bonchev–Trinajstić information content (AvgIpc) is 2.74. The summed E-state index contributed by atoms with van der Waals surface area (Å²) < 4.78 is 0. The van der Waals surface area contributed by atoms with Gasteiger partial charge in [0, 0.05) is 4.88 Å². The van der Waals surface area contributed by atoms with Crippen LogP contribution in [0.25, 0.3) is 0 Å². The molecule has 2 rings (SSSR count). The predicted octanol–water partition coefficient (Wildman–Crippen LogP) is 3.88. The molecule has 1 N–H and O–H groups in total. The first-order valence-corrected chi connectivity index (χ1v) is 7.89. The first kappa shape index (κ1) is 14.6. The minimum absolute atomic E-state index is 0.481. The third-order valence-electron chi connectivity index (χ3n) is 3.49. The number of anilines is 1. The number of nitrogens with zero attached hydrogens (tertiary/aromatic N) is 1. The van der Waals surface area contributed by atoms with Crippen LogP contribution >= 0.6 is 34.5 Å². The molecule has 0 radical (unpaired) electrons. The van der Waals surface area contributed by atoms with E-state index in [0.29, 0.717) is 16.5 Å². The molecule has 1 aliphatic rings. The molecule has 1 heterocycles. The van der Waals surface area contributed by atoms with Crippen molar-refractivity contribution in [3.8, 4) is 6.07 Å². The third-order valence-corrected chi connectivity index (χ3v) is 5.06. The number of alkyl halides is 2. The lowest BCUT2D eigenvalue weighted by atomic mass is 9.86. The van der Waals surface area contributed by atoms with Gasteiger partial charge < -0.3 is 5.32 Å². The van der Waals surface area contributed by atoms with Crippen LogP contribution in [0.3, 0.4) is 0 Å². The van der Waals surface area contributed by atoms with E-state index in [1.54, 1.807) is 0 Å². The molecule has 0 unspecified atom stereocenters. The maximum absolute atomic E-state index is 11.5. The summed E-state index contributed by atoms with van der Waals surface area (Å²) in [5, 5.41) is 12.5. The third kappa shape index (κ3) is 3.05. The second-order valence-corrected chi connectivity index (χ2v) is 6.83. The van der Waals surface area contributed by atoms with E-state index in [4.69, 9.17) is 23.2 Å². The van der Waals surface area contributed by atoms with Gasteiger partial charge in [-0.25, -0.2) is 0 Å². The van der Waals surface area contributed by atoms with Gasteiger partial charge in [-0.15, -0.1) is 11.3 Å². The minimum Gasteiger partial charge on any atom is -0.314 e. The van der Waals surface area contributed by atoms with Gasteiger partial charge in [-0.1, -0.05) is 36.5 Å². The Labute approximate surface area is 126 Å². The molecule has 0 aromatic carbocycles. The van der Waals surface area contributed by atoms with E-state index >= 15 is 0 Å². The highest BCUT2D eigenvalue weighted by Gasteiger charge is 2.26. The van der Waals surface area contributed by atoms with Gasteiger partial charge >= 0.3 is 0 Å². The molecule has 1 aliphatic carbocycles. The highest BCUT2D eigenvalue weighted by Crippen LogP contribution is 2.40. The number of nitriles is 1. The number of amides is 1. The normalized spacial score (nSPS) is 17.9. The number of carbonyl (C=O) groups is 1. The summed E-state index contributed by atoms with van der Waals surface area (Å²) in [5.74, 6) is 0.195. The number of halogens is 2. The highest BCUT2D eigenvalue weighted by molar-refractivity contribution is 7.16. The number of nitrogens with one attached hydrogen (secondary N) is 1. The number of hydrogen-bond donors (Lipinski definition) is 1. The summed E-state index contributed by atoms with van der Waals surface area (Å²) >= 11 is 12.5. The summed E-state index contributed by atoms with van der Waals surface area (Å²) in [4.78, 5) is 11.6. The average molecular weight is 317 g/mol. The lowest BCUT2D eigenvalue weighted by Gasteiger charge is -2.20. The molecule has 1 amide bonds. The summed E-state index contributed by atoms with van der Waals surface area (Å²) in [6.45, 7) is 2.18. The lowest BCUT2D eigenvalue weighted by molar-refractivity contribution is -0.114. The Hall–Kier alpha value is -0.760. The topological polar surface area (TPSA) is 52.9 Å². The van der Waals surface area contributed by atoms with E-state index < -0.39 is 10.7 Å². The van der Waals surface area contributed by atoms with Crippen LogP contribution in [0.1, 0.15) is 35.8 Å². The van der Waals surface area contributed by atoms with Gasteiger partial charge in [0.1, 0.15) is 11.1 Å². The molecule has 0 fully saturated rings. The van der Waals surface area contributed by atoms with Gasteiger partial charge in [-0.05, 0) is 30.7 Å². The fourth-order valence-electron chi connectivity index (χ4n) is 2.38. The maximum Gasteiger partial charge on any atom is 0.258 e. The van der Waals surface area contributed by atoms with Crippen molar-refractivity contribution in [2.45, 2.75) is 37.4 Å². The molecule has 1 atom stereocenters. The van der Waals surface area contributed by atoms with Crippen LogP contribution in [0.2, 0.25) is 0 Å². The molecular weight excluding hydrogens is 303 g/mol. The molecule has 1 aromatic heterocycles. The van der Waals surface area contributed by atoms with Crippen molar-refractivity contribution in [1.82, 2.24) is 0 Å². The Morgan fingerprint density at radius 2 is 2.37 bits per heavy atom. The molecule has 102 valence electrons. The van der Waals surface area contributed by atoms with Crippen molar-refractivity contribution >= 4 is 45.4 Å². The zero-order valence-corrected chi connectivity index (χ0v) is 12.8. The highest BCUT2D eigenvalue weighted by atomic mass is 35.5. The summed E-state index contributed by atoms with van der Waals surface area (Å²) in [5.41, 5.74) is 1.67. The number of fused-ring (bicyclic) bond motifs is 1. The van der Waals surface area contributed by atoms with E-state index in [1.807, 2.05) is 0 Å². The Kier molecular flexibility index (Phi) is 4.72. The minimum atomic E-state index is -1.12. The lowest BCUT2D eigenvalue weighted by Crippen LogP contribution is -2.18. The smallest absolute Gasteiger partial charge is 0.258 e. The van der Waals surface area contributed by atoms with Gasteiger partial charge in [-0.3, -0.25) is 4.79 Å². The van der Waals surface area contributed by atoms with Gasteiger partial charge in [0.2, 0.25) is 0 Å². The van der Waals surface area contributed by atoms with E-state index in [1.165, 1.54) is 16.2 Å². The summed E-state index contributed by atoms with van der Waals surface area (Å²) in [6, 6.07) is 2.19. The fraction of sp³-hybridized carbons (Fsp3) is 0.538. The van der Waals surface area contributed by atoms with Gasteiger partial charge in [0.15, 0.2) is 4.84 Å². The standard InChI is InChI=1S/C13H14Cl2N2OS/c1-2-7-3-4-8-9(6-16)13(19-10(8)5-7)17-12(18)11(14)15/h7,11H,2-5H2,1H3,(H,17,18)/t7-/m0/s1. The monoisotopic (exact) mass is 316 g/mol. The van der Waals surface area contributed by atoms with Crippen LogP contribution in [0.4, 0.5) is 5.00 Å². The van der Waals surface area contributed by atoms with Crippen molar-refractivity contribution in [1.29, 1.82) is 5.26 Å². The van der Waals surface area contributed by atoms with Crippen molar-refractivity contribution in [3.05, 3.63) is 16.0 Å². The second-order valence-electron chi connectivity index (χ2n) is 4.63. The second kappa shape index (κ2) is 6.13. The number of rotatable bonds is 3. The molecule has 1 aromatic rings. The Morgan fingerprint density at radius 3 is 2.95 bits per heavy atom. The molecule has 0 saturated heterocycles. The van der Waals surface area contributed by atoms with Crippen LogP contribution in [0.15, 0.2) is 0 Å². The zero-order valence-electron chi connectivity index (χ0n) is 10.5. The molecule has 0 saturated carbocycles. The fourth-order valence-corrected chi connectivity index (χ4v) is 3.80. The van der Waals surface area contributed by atoms with Gasteiger partial charge in [-0.2, -0.15) is 5.26 Å². The molecule has 6 heteroatoms. The molecule has 0 spiro atoms. The molecule has 3 nitrogen and oxygen atoms in total. The van der Waals surface area contributed by atoms with Crippen LogP contribution in [-0.2, 0) is 17.6 Å². The van der Waals surface area contributed by atoms with Crippen LogP contribution in [0.5, 0.6) is 0 Å². The number of hydrogen-bond acceptors (Lipinski definition) is 3. The van der Waals surface area contributed by atoms with E-state index in [9.17, 15) is 10.1 Å². The van der Waals surface area contributed by atoms with Crippen molar-refractivity contribution in [3.63, 3.8) is 0 Å². The van der Waals surface area contributed by atoms with Crippen LogP contribution in [-0.4, -0.2) is 10.7 Å². The van der Waals surface area contributed by atoms with Crippen LogP contribution in [0, 0.1) is 17.2 Å². The first-order valence-electron chi connectivity index (χ1n) is 6.20. The SMILES string of the molecule is CC[C@H]1CCc2c(sc(NC(=O)C(Cl)Cl)c2C#N)C1. The van der Waals surface area contributed by atoms with Crippen molar-refractivity contribution < 1.29 is 4.79 Å². The summed E-state index contributed by atoms with van der Waals surface area (Å²) in [7, 11) is 0. The quantitative estimate of drug-likeness (QED) is 0.860. The maximum atomic E-state index is 11.5. The number of thiophene rings is 1. The van der Waals surface area contributed by atoms with E-state index in [2.05, 4.69) is 18.3 Å². The zero-order chi connectivity index (χ0) is 14.0. The molecule has 0 bridgehead atoms. The van der Waals surface area contributed by atoms with Crippen molar-refractivity contribution in [2.75, 3.05) is 5.32 Å². The predicted molar refractivity (Wildman–Crippen MR) is 79.0 cm³/mol. The van der Waals surface area contributed by atoms with Crippen LogP contribution < -0.4 is 5.32 Å². The van der Waals surface area contributed by atoms with Gasteiger partial charge in [0.05, 0.1) is 5.56 Å². The number of carbonyl (C=O) groups excluding carboxylic acids is 1. The molecule has 19 heavy (non-hydrogen) atoms. The Morgan fingerprint density at radius 1 is 1.63 bits per heavy atom. The first-order chi connectivity index (χ1) is 9.06. The van der Waals surface area contributed by atoms with E-state index in [0.717, 1.165) is 31.2 Å². The molecule has 0 aliphatic heterocycles. The summed E-state index contributed by atoms with van der Waals surface area (Å²) in [6.07, 6.45) is 4.16. The molecular formula is C13H14Cl2N2OS. The Balaban J connectivity index is 2.29. The largest absolute Gasteiger partial charge is 0.314 e. The van der Waals surface area contributed by atoms with Crippen molar-refractivity contribution in [2.24, 2.45) is 5.92 Å². The van der Waals surface area contributed by atoms with E-state index in [-0.39, 0.29) is 0 Å².